The van der Waals surface area contributed by atoms with Crippen molar-refractivity contribution in [2.45, 2.75) is 0 Å². The van der Waals surface area contributed by atoms with Crippen molar-refractivity contribution in [3.63, 3.8) is 0 Å². The molecule has 0 fully saturated rings. The molecular weight excluding hydrogens is 251 g/mol. The first kappa shape index (κ1) is 12.5. The van der Waals surface area contributed by atoms with Crippen LogP contribution in [0.3, 0.4) is 0 Å². The molecule has 2 aromatic rings. The normalized spacial score (nSPS) is 9.56. The maximum atomic E-state index is 10.6. The van der Waals surface area contributed by atoms with Crippen LogP contribution in [0.4, 0.5) is 0 Å². The zero-order valence-corrected chi connectivity index (χ0v) is 9.57. The summed E-state index contributed by atoms with van der Waals surface area (Å²) in [6, 6.07) is 7.09. The minimum Gasteiger partial charge on any atom is -0.476 e. The SMILES string of the molecule is Cl.O=C(O)c1cn(-c2cccc(Cl)c2)cn1. The first-order chi connectivity index (χ1) is 7.16. The number of aromatic nitrogens is 2. The molecule has 0 bridgehead atoms. The highest BCUT2D eigenvalue weighted by Crippen LogP contribution is 2.14. The molecule has 0 aliphatic rings. The molecule has 0 atom stereocenters. The second-order valence-corrected chi connectivity index (χ2v) is 3.39. The molecule has 0 unspecified atom stereocenters. The van der Waals surface area contributed by atoms with Crippen LogP contribution in [0.5, 0.6) is 0 Å². The number of aromatic carboxylic acids is 1. The number of carboxylic acids is 1. The van der Waals surface area contributed by atoms with Gasteiger partial charge in [-0.1, -0.05) is 17.7 Å². The minimum atomic E-state index is -1.05. The summed E-state index contributed by atoms with van der Waals surface area (Å²) in [5.74, 6) is -1.05. The van der Waals surface area contributed by atoms with Gasteiger partial charge >= 0.3 is 5.97 Å². The van der Waals surface area contributed by atoms with Crippen LogP contribution in [-0.2, 0) is 0 Å². The van der Waals surface area contributed by atoms with Gasteiger partial charge in [0.1, 0.15) is 6.33 Å². The Kier molecular flexibility index (Phi) is 3.93. The van der Waals surface area contributed by atoms with Gasteiger partial charge in [0.2, 0.25) is 0 Å². The van der Waals surface area contributed by atoms with Crippen molar-refractivity contribution >= 4 is 30.0 Å². The van der Waals surface area contributed by atoms with Gasteiger partial charge in [0.25, 0.3) is 0 Å². The van der Waals surface area contributed by atoms with Crippen molar-refractivity contribution in [1.82, 2.24) is 9.55 Å². The van der Waals surface area contributed by atoms with Gasteiger partial charge in [0.05, 0.1) is 0 Å². The molecule has 0 spiro atoms. The molecule has 1 N–H and O–H groups in total. The van der Waals surface area contributed by atoms with Crippen LogP contribution in [0, 0.1) is 0 Å². The highest BCUT2D eigenvalue weighted by molar-refractivity contribution is 6.30. The summed E-state index contributed by atoms with van der Waals surface area (Å²) in [7, 11) is 0. The van der Waals surface area contributed by atoms with Gasteiger partial charge in [0, 0.05) is 16.9 Å². The third-order valence-corrected chi connectivity index (χ3v) is 2.14. The first-order valence-corrected chi connectivity index (χ1v) is 4.58. The van der Waals surface area contributed by atoms with E-state index in [1.54, 1.807) is 22.8 Å². The zero-order valence-electron chi connectivity index (χ0n) is 8.00. The average molecular weight is 259 g/mol. The largest absolute Gasteiger partial charge is 0.476 e. The van der Waals surface area contributed by atoms with E-state index in [0.717, 1.165) is 5.69 Å². The van der Waals surface area contributed by atoms with E-state index in [4.69, 9.17) is 16.7 Å². The molecule has 16 heavy (non-hydrogen) atoms. The number of carboxylic acid groups (broad SMARTS) is 1. The number of hydrogen-bond donors (Lipinski definition) is 1. The highest BCUT2D eigenvalue weighted by atomic mass is 35.5. The predicted molar refractivity (Wildman–Crippen MR) is 62.8 cm³/mol. The lowest BCUT2D eigenvalue weighted by molar-refractivity contribution is 0.0691. The Morgan fingerprint density at radius 1 is 1.44 bits per heavy atom. The van der Waals surface area contributed by atoms with E-state index in [-0.39, 0.29) is 18.1 Å². The van der Waals surface area contributed by atoms with Gasteiger partial charge in [-0.25, -0.2) is 9.78 Å². The molecule has 1 heterocycles. The lowest BCUT2D eigenvalue weighted by Crippen LogP contribution is -1.95. The number of halogens is 2. The lowest BCUT2D eigenvalue weighted by atomic mass is 10.3. The quantitative estimate of drug-likeness (QED) is 0.901. The van der Waals surface area contributed by atoms with Gasteiger partial charge in [-0.3, -0.25) is 0 Å². The average Bonchev–Trinajstić information content (AvgIpc) is 2.66. The summed E-state index contributed by atoms with van der Waals surface area (Å²) in [4.78, 5) is 14.4. The maximum absolute atomic E-state index is 10.6. The topological polar surface area (TPSA) is 55.1 Å². The molecular formula is C10H8Cl2N2O2. The molecule has 0 saturated heterocycles. The fourth-order valence-electron chi connectivity index (χ4n) is 1.21. The van der Waals surface area contributed by atoms with Crippen molar-refractivity contribution < 1.29 is 9.90 Å². The fraction of sp³-hybridized carbons (Fsp3) is 0. The number of nitrogens with zero attached hydrogens (tertiary/aromatic N) is 2. The highest BCUT2D eigenvalue weighted by Gasteiger charge is 2.07. The van der Waals surface area contributed by atoms with Gasteiger partial charge < -0.3 is 9.67 Å². The number of imidazole rings is 1. The molecule has 0 amide bonds. The van der Waals surface area contributed by atoms with Gasteiger partial charge in [0.15, 0.2) is 5.69 Å². The summed E-state index contributed by atoms with van der Waals surface area (Å²) in [6.07, 6.45) is 2.88. The number of carbonyl (C=O) groups is 1. The number of rotatable bonds is 2. The Bertz CT molecular complexity index is 511. The lowest BCUT2D eigenvalue weighted by Gasteiger charge is -2.00. The molecule has 1 aromatic carbocycles. The Morgan fingerprint density at radius 3 is 2.75 bits per heavy atom. The Morgan fingerprint density at radius 2 is 2.19 bits per heavy atom. The number of benzene rings is 1. The van der Waals surface area contributed by atoms with Crippen molar-refractivity contribution in [3.8, 4) is 5.69 Å². The van der Waals surface area contributed by atoms with Crippen molar-refractivity contribution in [1.29, 1.82) is 0 Å². The van der Waals surface area contributed by atoms with Gasteiger partial charge in [-0.2, -0.15) is 0 Å². The molecule has 0 radical (unpaired) electrons. The molecule has 84 valence electrons. The fourth-order valence-corrected chi connectivity index (χ4v) is 1.40. The Hall–Kier alpha value is -1.52. The van der Waals surface area contributed by atoms with Crippen molar-refractivity contribution in [2.24, 2.45) is 0 Å². The first-order valence-electron chi connectivity index (χ1n) is 4.20. The standard InChI is InChI=1S/C10H7ClN2O2.ClH/c11-7-2-1-3-8(4-7)13-5-9(10(14)15)12-6-13;/h1-6H,(H,14,15);1H. The van der Waals surface area contributed by atoms with E-state index >= 15 is 0 Å². The molecule has 0 saturated carbocycles. The summed E-state index contributed by atoms with van der Waals surface area (Å²) in [5, 5.41) is 9.29. The minimum absolute atomic E-state index is 0. The van der Waals surface area contributed by atoms with Crippen molar-refractivity contribution in [3.05, 3.63) is 47.5 Å². The van der Waals surface area contributed by atoms with Crippen LogP contribution >= 0.6 is 24.0 Å². The van der Waals surface area contributed by atoms with Gasteiger partial charge in [-0.15, -0.1) is 12.4 Å². The van der Waals surface area contributed by atoms with Crippen LogP contribution in [0.25, 0.3) is 5.69 Å². The maximum Gasteiger partial charge on any atom is 0.356 e. The monoisotopic (exact) mass is 258 g/mol. The van der Waals surface area contributed by atoms with Crippen LogP contribution in [0.2, 0.25) is 5.02 Å². The van der Waals surface area contributed by atoms with Gasteiger partial charge in [-0.05, 0) is 18.2 Å². The van der Waals surface area contributed by atoms with E-state index in [9.17, 15) is 4.79 Å². The molecule has 0 aliphatic carbocycles. The molecule has 2 rings (SSSR count). The van der Waals surface area contributed by atoms with Crippen molar-refractivity contribution in [2.75, 3.05) is 0 Å². The van der Waals surface area contributed by atoms with E-state index in [0.29, 0.717) is 5.02 Å². The molecule has 4 nitrogen and oxygen atoms in total. The summed E-state index contributed by atoms with van der Waals surface area (Å²) in [5.41, 5.74) is 0.789. The molecule has 0 aliphatic heterocycles. The smallest absolute Gasteiger partial charge is 0.356 e. The van der Waals surface area contributed by atoms with Crippen LogP contribution in [0.1, 0.15) is 10.5 Å². The summed E-state index contributed by atoms with van der Waals surface area (Å²) in [6.45, 7) is 0. The van der Waals surface area contributed by atoms with Crippen LogP contribution in [0.15, 0.2) is 36.8 Å². The predicted octanol–water partition coefficient (Wildman–Crippen LogP) is 2.65. The molecule has 1 aromatic heterocycles. The Balaban J connectivity index is 0.00000128. The Labute approximate surface area is 103 Å². The second kappa shape index (κ2) is 5.01. The van der Waals surface area contributed by atoms with E-state index in [1.807, 2.05) is 6.07 Å². The van der Waals surface area contributed by atoms with E-state index < -0.39 is 5.97 Å². The van der Waals surface area contributed by atoms with E-state index in [1.165, 1.54) is 12.5 Å². The summed E-state index contributed by atoms with van der Waals surface area (Å²) < 4.78 is 1.61. The zero-order chi connectivity index (χ0) is 10.8. The third-order valence-electron chi connectivity index (χ3n) is 1.91. The summed E-state index contributed by atoms with van der Waals surface area (Å²) >= 11 is 5.81. The number of hydrogen-bond acceptors (Lipinski definition) is 2. The molecule has 6 heteroatoms. The second-order valence-electron chi connectivity index (χ2n) is 2.95. The third kappa shape index (κ3) is 2.53. The van der Waals surface area contributed by atoms with Crippen LogP contribution in [-0.4, -0.2) is 20.6 Å². The van der Waals surface area contributed by atoms with E-state index in [2.05, 4.69) is 4.98 Å². The van der Waals surface area contributed by atoms with Crippen LogP contribution < -0.4 is 0 Å².